The zero-order chi connectivity index (χ0) is 7.28. The second-order valence-electron chi connectivity index (χ2n) is 1.72. The molecule has 0 bridgehead atoms. The van der Waals surface area contributed by atoms with Crippen molar-refractivity contribution in [3.8, 4) is 0 Å². The maximum Gasteiger partial charge on any atom is 0.422 e. The number of ether oxygens (including phenoxy) is 1. The number of rotatable bonds is 2. The highest BCUT2D eigenvalue weighted by Crippen LogP contribution is 1.95. The van der Waals surface area contributed by atoms with Gasteiger partial charge in [0.05, 0.1) is 0 Å². The highest BCUT2D eigenvalue weighted by molar-refractivity contribution is 6.20. The van der Waals surface area contributed by atoms with Crippen molar-refractivity contribution in [1.82, 2.24) is 4.84 Å². The SMILES string of the molecule is CCC(C)OC(=O)NCl. The molecule has 0 aromatic heterocycles. The number of nitrogens with one attached hydrogen (secondary N) is 1. The van der Waals surface area contributed by atoms with Gasteiger partial charge in [-0.25, -0.2) is 9.63 Å². The molecule has 9 heavy (non-hydrogen) atoms. The second-order valence-corrected chi connectivity index (χ2v) is 1.91. The molecule has 0 saturated carbocycles. The molecule has 1 N–H and O–H groups in total. The maximum absolute atomic E-state index is 10.3. The number of amides is 1. The zero-order valence-electron chi connectivity index (χ0n) is 5.48. The van der Waals surface area contributed by atoms with Crippen LogP contribution >= 0.6 is 11.8 Å². The molecule has 0 aliphatic carbocycles. The average molecular weight is 152 g/mol. The molecule has 3 nitrogen and oxygen atoms in total. The van der Waals surface area contributed by atoms with Crippen LogP contribution in [0.1, 0.15) is 20.3 Å². The first-order valence-corrected chi connectivity index (χ1v) is 3.15. The van der Waals surface area contributed by atoms with Crippen molar-refractivity contribution in [2.24, 2.45) is 0 Å². The normalized spacial score (nSPS) is 12.3. The van der Waals surface area contributed by atoms with Crippen LogP contribution in [0.3, 0.4) is 0 Å². The molecule has 1 amide bonds. The van der Waals surface area contributed by atoms with Crippen LogP contribution in [0.5, 0.6) is 0 Å². The third-order valence-electron chi connectivity index (χ3n) is 0.960. The Morgan fingerprint density at radius 1 is 1.89 bits per heavy atom. The zero-order valence-corrected chi connectivity index (χ0v) is 6.23. The minimum atomic E-state index is -0.592. The summed E-state index contributed by atoms with van der Waals surface area (Å²) in [5, 5.41) is 0. The van der Waals surface area contributed by atoms with Crippen molar-refractivity contribution < 1.29 is 9.53 Å². The first-order chi connectivity index (χ1) is 4.20. The van der Waals surface area contributed by atoms with E-state index in [1.165, 1.54) is 0 Å². The summed E-state index contributed by atoms with van der Waals surface area (Å²) in [6.07, 6.45) is 0.138. The summed E-state index contributed by atoms with van der Waals surface area (Å²) in [4.78, 5) is 12.2. The van der Waals surface area contributed by atoms with E-state index >= 15 is 0 Å². The lowest BCUT2D eigenvalue weighted by Crippen LogP contribution is -2.20. The van der Waals surface area contributed by atoms with Crippen LogP contribution in [0.15, 0.2) is 0 Å². The highest BCUT2D eigenvalue weighted by Gasteiger charge is 2.03. The van der Waals surface area contributed by atoms with E-state index in [4.69, 9.17) is 11.8 Å². The van der Waals surface area contributed by atoms with Gasteiger partial charge in [-0.3, -0.25) is 0 Å². The van der Waals surface area contributed by atoms with E-state index in [1.54, 1.807) is 6.92 Å². The lowest BCUT2D eigenvalue weighted by Gasteiger charge is -2.07. The van der Waals surface area contributed by atoms with Gasteiger partial charge >= 0.3 is 6.09 Å². The molecule has 4 heteroatoms. The molecule has 0 saturated heterocycles. The summed E-state index contributed by atoms with van der Waals surface area (Å²) < 4.78 is 4.67. The minimum absolute atomic E-state index is 0.0660. The molecule has 0 spiro atoms. The van der Waals surface area contributed by atoms with Crippen molar-refractivity contribution >= 4 is 17.9 Å². The van der Waals surface area contributed by atoms with E-state index in [9.17, 15) is 4.79 Å². The second kappa shape index (κ2) is 4.44. The van der Waals surface area contributed by atoms with Gasteiger partial charge in [0.15, 0.2) is 0 Å². The van der Waals surface area contributed by atoms with Crippen LogP contribution in [-0.2, 0) is 4.74 Å². The van der Waals surface area contributed by atoms with Gasteiger partial charge in [-0.1, -0.05) is 6.92 Å². The molecule has 0 heterocycles. The van der Waals surface area contributed by atoms with Crippen molar-refractivity contribution in [2.75, 3.05) is 0 Å². The number of hydrogen-bond acceptors (Lipinski definition) is 2. The van der Waals surface area contributed by atoms with Gasteiger partial charge in [0.2, 0.25) is 0 Å². The number of hydrogen-bond donors (Lipinski definition) is 1. The number of carbonyl (C=O) groups excluding carboxylic acids is 1. The van der Waals surface area contributed by atoms with Crippen LogP contribution in [0.2, 0.25) is 0 Å². The Labute approximate surface area is 59.4 Å². The summed E-state index contributed by atoms with van der Waals surface area (Å²) in [6, 6.07) is 0. The molecule has 0 rings (SSSR count). The summed E-state index contributed by atoms with van der Waals surface area (Å²) in [5.74, 6) is 0. The van der Waals surface area contributed by atoms with Crippen LogP contribution in [-0.4, -0.2) is 12.2 Å². The average Bonchev–Trinajstić information content (AvgIpc) is 1.87. The first kappa shape index (κ1) is 8.56. The molecule has 0 aromatic carbocycles. The van der Waals surface area contributed by atoms with Gasteiger partial charge in [0, 0.05) is 11.8 Å². The third kappa shape index (κ3) is 4.09. The van der Waals surface area contributed by atoms with Crippen molar-refractivity contribution in [3.05, 3.63) is 0 Å². The third-order valence-corrected chi connectivity index (χ3v) is 1.11. The summed E-state index contributed by atoms with van der Waals surface area (Å²) in [5.41, 5.74) is 0. The predicted molar refractivity (Wildman–Crippen MR) is 35.2 cm³/mol. The smallest absolute Gasteiger partial charge is 0.422 e. The molecule has 1 atom stereocenters. The fourth-order valence-electron chi connectivity index (χ4n) is 0.288. The van der Waals surface area contributed by atoms with Crippen LogP contribution in [0, 0.1) is 0 Å². The largest absolute Gasteiger partial charge is 0.446 e. The van der Waals surface area contributed by atoms with Crippen LogP contribution in [0.4, 0.5) is 4.79 Å². The molecule has 0 aliphatic rings. The summed E-state index contributed by atoms with van der Waals surface area (Å²) in [7, 11) is 0. The predicted octanol–water partition coefficient (Wildman–Crippen LogP) is 1.66. The van der Waals surface area contributed by atoms with Gasteiger partial charge in [0.1, 0.15) is 6.10 Å². The van der Waals surface area contributed by atoms with E-state index in [-0.39, 0.29) is 6.10 Å². The van der Waals surface area contributed by atoms with Crippen molar-refractivity contribution in [1.29, 1.82) is 0 Å². The molecular formula is C5H10ClNO2. The first-order valence-electron chi connectivity index (χ1n) is 2.78. The van der Waals surface area contributed by atoms with Crippen LogP contribution in [0.25, 0.3) is 0 Å². The Morgan fingerprint density at radius 2 is 2.44 bits per heavy atom. The Morgan fingerprint density at radius 3 is 2.78 bits per heavy atom. The maximum atomic E-state index is 10.3. The standard InChI is InChI=1S/C5H10ClNO2/c1-3-4(2)9-5(8)7-6/h4H,3H2,1-2H3,(H,7,8). The fourth-order valence-corrected chi connectivity index (χ4v) is 0.333. The molecule has 1 unspecified atom stereocenters. The lowest BCUT2D eigenvalue weighted by atomic mass is 10.3. The molecule has 0 aromatic rings. The van der Waals surface area contributed by atoms with Crippen molar-refractivity contribution in [2.45, 2.75) is 26.4 Å². The Hall–Kier alpha value is -0.440. The quantitative estimate of drug-likeness (QED) is 0.610. The van der Waals surface area contributed by atoms with E-state index in [2.05, 4.69) is 4.74 Å². The topological polar surface area (TPSA) is 38.3 Å². The number of carbonyl (C=O) groups is 1. The fraction of sp³-hybridized carbons (Fsp3) is 0.800. The van der Waals surface area contributed by atoms with Gasteiger partial charge in [-0.2, -0.15) is 0 Å². The summed E-state index contributed by atoms with van der Waals surface area (Å²) >= 11 is 4.93. The van der Waals surface area contributed by atoms with Gasteiger partial charge < -0.3 is 4.74 Å². The van der Waals surface area contributed by atoms with Gasteiger partial charge in [-0.15, -0.1) is 0 Å². The van der Waals surface area contributed by atoms with Gasteiger partial charge in [0.25, 0.3) is 0 Å². The van der Waals surface area contributed by atoms with Crippen LogP contribution < -0.4 is 4.84 Å². The van der Waals surface area contributed by atoms with E-state index in [0.717, 1.165) is 6.42 Å². The van der Waals surface area contributed by atoms with Gasteiger partial charge in [-0.05, 0) is 13.3 Å². The van der Waals surface area contributed by atoms with Crippen molar-refractivity contribution in [3.63, 3.8) is 0 Å². The monoisotopic (exact) mass is 151 g/mol. The number of halogens is 1. The Balaban J connectivity index is 3.34. The minimum Gasteiger partial charge on any atom is -0.446 e. The lowest BCUT2D eigenvalue weighted by molar-refractivity contribution is 0.110. The highest BCUT2D eigenvalue weighted by atomic mass is 35.5. The molecule has 0 fully saturated rings. The molecule has 54 valence electrons. The van der Waals surface area contributed by atoms with E-state index < -0.39 is 6.09 Å². The van der Waals surface area contributed by atoms with E-state index in [0.29, 0.717) is 0 Å². The Kier molecular flexibility index (Phi) is 4.22. The molecule has 0 radical (unpaired) electrons. The Bertz CT molecular complexity index is 97.0. The molecular weight excluding hydrogens is 142 g/mol. The van der Waals surface area contributed by atoms with E-state index in [1.807, 2.05) is 11.8 Å². The summed E-state index contributed by atoms with van der Waals surface area (Å²) in [6.45, 7) is 3.72. The molecule has 0 aliphatic heterocycles.